The lowest BCUT2D eigenvalue weighted by atomic mass is 10.1. The SMILES string of the molecule is Cc1ccc(NC(=O)c2ccc(C(=O)NCCCN(C)C)cc2)cc1Cl. The van der Waals surface area contributed by atoms with Crippen LogP contribution in [0.5, 0.6) is 0 Å². The van der Waals surface area contributed by atoms with E-state index in [4.69, 9.17) is 11.6 Å². The second-order valence-corrected chi connectivity index (χ2v) is 6.82. The van der Waals surface area contributed by atoms with Crippen LogP contribution in [0.4, 0.5) is 5.69 Å². The number of halogens is 1. The van der Waals surface area contributed by atoms with Crippen LogP contribution < -0.4 is 10.6 Å². The highest BCUT2D eigenvalue weighted by atomic mass is 35.5. The van der Waals surface area contributed by atoms with Crippen molar-refractivity contribution in [1.82, 2.24) is 10.2 Å². The number of anilines is 1. The van der Waals surface area contributed by atoms with Gasteiger partial charge in [0, 0.05) is 28.4 Å². The summed E-state index contributed by atoms with van der Waals surface area (Å²) < 4.78 is 0. The number of nitrogens with one attached hydrogen (secondary N) is 2. The van der Waals surface area contributed by atoms with Gasteiger partial charge in [0.25, 0.3) is 11.8 Å². The van der Waals surface area contributed by atoms with E-state index in [0.717, 1.165) is 18.5 Å². The molecule has 5 nitrogen and oxygen atoms in total. The molecule has 0 aliphatic carbocycles. The first-order chi connectivity index (χ1) is 12.4. The fraction of sp³-hybridized carbons (Fsp3) is 0.300. The van der Waals surface area contributed by atoms with Crippen molar-refractivity contribution >= 4 is 29.1 Å². The van der Waals surface area contributed by atoms with Crippen LogP contribution in [-0.4, -0.2) is 43.9 Å². The smallest absolute Gasteiger partial charge is 0.255 e. The third-order valence-electron chi connectivity index (χ3n) is 3.91. The summed E-state index contributed by atoms with van der Waals surface area (Å²) in [5, 5.41) is 6.27. The maximum Gasteiger partial charge on any atom is 0.255 e. The van der Waals surface area contributed by atoms with Gasteiger partial charge in [0.15, 0.2) is 0 Å². The van der Waals surface area contributed by atoms with Crippen LogP contribution in [0.15, 0.2) is 42.5 Å². The Balaban J connectivity index is 1.92. The van der Waals surface area contributed by atoms with E-state index in [1.54, 1.807) is 36.4 Å². The van der Waals surface area contributed by atoms with Crippen molar-refractivity contribution in [3.8, 4) is 0 Å². The molecule has 0 radical (unpaired) electrons. The summed E-state index contributed by atoms with van der Waals surface area (Å²) in [7, 11) is 3.99. The zero-order valence-electron chi connectivity index (χ0n) is 15.3. The van der Waals surface area contributed by atoms with Gasteiger partial charge < -0.3 is 15.5 Å². The van der Waals surface area contributed by atoms with Gasteiger partial charge in [-0.1, -0.05) is 17.7 Å². The summed E-state index contributed by atoms with van der Waals surface area (Å²) in [4.78, 5) is 26.5. The first-order valence-electron chi connectivity index (χ1n) is 8.47. The highest BCUT2D eigenvalue weighted by molar-refractivity contribution is 6.31. The molecule has 0 heterocycles. The van der Waals surface area contributed by atoms with E-state index in [1.807, 2.05) is 27.1 Å². The van der Waals surface area contributed by atoms with Gasteiger partial charge in [-0.3, -0.25) is 9.59 Å². The molecule has 2 amide bonds. The van der Waals surface area contributed by atoms with Gasteiger partial charge >= 0.3 is 0 Å². The number of hydrogen-bond acceptors (Lipinski definition) is 3. The van der Waals surface area contributed by atoms with Crippen LogP contribution >= 0.6 is 11.6 Å². The molecule has 0 bridgehead atoms. The molecule has 0 saturated carbocycles. The molecule has 0 fully saturated rings. The van der Waals surface area contributed by atoms with Crippen molar-refractivity contribution < 1.29 is 9.59 Å². The molecule has 0 saturated heterocycles. The number of benzene rings is 2. The van der Waals surface area contributed by atoms with Gasteiger partial charge in [-0.15, -0.1) is 0 Å². The van der Waals surface area contributed by atoms with E-state index in [0.29, 0.717) is 28.4 Å². The number of aryl methyl sites for hydroxylation is 1. The first-order valence-corrected chi connectivity index (χ1v) is 8.85. The van der Waals surface area contributed by atoms with Gasteiger partial charge in [0.1, 0.15) is 0 Å². The minimum Gasteiger partial charge on any atom is -0.352 e. The molecular weight excluding hydrogens is 350 g/mol. The Morgan fingerprint density at radius 2 is 1.62 bits per heavy atom. The Bertz CT molecular complexity index is 773. The van der Waals surface area contributed by atoms with Crippen LogP contribution in [-0.2, 0) is 0 Å². The van der Waals surface area contributed by atoms with E-state index >= 15 is 0 Å². The lowest BCUT2D eigenvalue weighted by molar-refractivity contribution is 0.0950. The summed E-state index contributed by atoms with van der Waals surface area (Å²) in [6.45, 7) is 3.44. The zero-order chi connectivity index (χ0) is 19.1. The molecule has 2 aromatic rings. The number of amides is 2. The normalized spacial score (nSPS) is 10.7. The molecule has 26 heavy (non-hydrogen) atoms. The maximum atomic E-state index is 12.3. The average molecular weight is 374 g/mol. The standard InChI is InChI=1S/C20H24ClN3O2/c1-14-5-10-17(13-18(14)21)23-20(26)16-8-6-15(7-9-16)19(25)22-11-4-12-24(2)3/h5-10,13H,4,11-12H2,1-3H3,(H,22,25)(H,23,26). The monoisotopic (exact) mass is 373 g/mol. The van der Waals surface area contributed by atoms with Crippen LogP contribution in [0, 0.1) is 6.92 Å². The van der Waals surface area contributed by atoms with E-state index in [1.165, 1.54) is 0 Å². The third kappa shape index (κ3) is 5.86. The Morgan fingerprint density at radius 1 is 1.00 bits per heavy atom. The summed E-state index contributed by atoms with van der Waals surface area (Å²) in [5.74, 6) is -0.385. The predicted molar refractivity (Wildman–Crippen MR) is 106 cm³/mol. The fourth-order valence-corrected chi connectivity index (χ4v) is 2.53. The minimum absolute atomic E-state index is 0.138. The Kier molecular flexibility index (Phi) is 7.18. The van der Waals surface area contributed by atoms with Crippen molar-refractivity contribution in [1.29, 1.82) is 0 Å². The van der Waals surface area contributed by atoms with Crippen molar-refractivity contribution in [2.45, 2.75) is 13.3 Å². The van der Waals surface area contributed by atoms with Gasteiger partial charge in [0.2, 0.25) is 0 Å². The molecular formula is C20H24ClN3O2. The number of nitrogens with zero attached hydrogens (tertiary/aromatic N) is 1. The van der Waals surface area contributed by atoms with Gasteiger partial charge in [0.05, 0.1) is 0 Å². The van der Waals surface area contributed by atoms with E-state index in [2.05, 4.69) is 15.5 Å². The zero-order valence-corrected chi connectivity index (χ0v) is 16.1. The lowest BCUT2D eigenvalue weighted by Crippen LogP contribution is -2.27. The van der Waals surface area contributed by atoms with E-state index in [9.17, 15) is 9.59 Å². The van der Waals surface area contributed by atoms with Crippen LogP contribution in [0.3, 0.4) is 0 Å². The second kappa shape index (κ2) is 9.36. The number of carbonyl (C=O) groups excluding carboxylic acids is 2. The Labute approximate surface area is 159 Å². The topological polar surface area (TPSA) is 61.4 Å². The van der Waals surface area contributed by atoms with Crippen molar-refractivity contribution in [2.24, 2.45) is 0 Å². The highest BCUT2D eigenvalue weighted by Gasteiger charge is 2.10. The number of carbonyl (C=O) groups is 2. The number of hydrogen-bond donors (Lipinski definition) is 2. The van der Waals surface area contributed by atoms with Gasteiger partial charge in [-0.25, -0.2) is 0 Å². The molecule has 2 N–H and O–H groups in total. The third-order valence-corrected chi connectivity index (χ3v) is 4.31. The fourth-order valence-electron chi connectivity index (χ4n) is 2.35. The van der Waals surface area contributed by atoms with Crippen molar-refractivity contribution in [3.63, 3.8) is 0 Å². The first kappa shape index (κ1) is 19.9. The summed E-state index contributed by atoms with van der Waals surface area (Å²) in [6, 6.07) is 11.9. The van der Waals surface area contributed by atoms with Crippen LogP contribution in [0.2, 0.25) is 5.02 Å². The second-order valence-electron chi connectivity index (χ2n) is 6.41. The van der Waals surface area contributed by atoms with E-state index in [-0.39, 0.29) is 11.8 Å². The molecule has 0 spiro atoms. The van der Waals surface area contributed by atoms with E-state index < -0.39 is 0 Å². The quantitative estimate of drug-likeness (QED) is 0.729. The Morgan fingerprint density at radius 3 is 2.19 bits per heavy atom. The van der Waals surface area contributed by atoms with Crippen molar-refractivity contribution in [3.05, 3.63) is 64.2 Å². The molecule has 0 atom stereocenters. The summed E-state index contributed by atoms with van der Waals surface area (Å²) in [6.07, 6.45) is 0.887. The molecule has 138 valence electrons. The molecule has 0 aliphatic rings. The Hall–Kier alpha value is -2.37. The van der Waals surface area contributed by atoms with Crippen LogP contribution in [0.1, 0.15) is 32.7 Å². The minimum atomic E-state index is -0.247. The lowest BCUT2D eigenvalue weighted by Gasteiger charge is -2.10. The molecule has 0 unspecified atom stereocenters. The molecule has 0 aliphatic heterocycles. The van der Waals surface area contributed by atoms with Crippen LogP contribution in [0.25, 0.3) is 0 Å². The molecule has 6 heteroatoms. The highest BCUT2D eigenvalue weighted by Crippen LogP contribution is 2.20. The molecule has 0 aromatic heterocycles. The van der Waals surface area contributed by atoms with Crippen molar-refractivity contribution in [2.75, 3.05) is 32.5 Å². The number of rotatable bonds is 7. The predicted octanol–water partition coefficient (Wildman–Crippen LogP) is 3.58. The maximum absolute atomic E-state index is 12.3. The van der Waals surface area contributed by atoms with Gasteiger partial charge in [-0.05, 0) is 75.9 Å². The average Bonchev–Trinajstić information content (AvgIpc) is 2.61. The summed E-state index contributed by atoms with van der Waals surface area (Å²) in [5.41, 5.74) is 2.59. The van der Waals surface area contributed by atoms with Gasteiger partial charge in [-0.2, -0.15) is 0 Å². The molecule has 2 aromatic carbocycles. The summed E-state index contributed by atoms with van der Waals surface area (Å²) >= 11 is 6.07. The molecule has 2 rings (SSSR count). The largest absolute Gasteiger partial charge is 0.352 e.